The van der Waals surface area contributed by atoms with Crippen LogP contribution in [0.25, 0.3) is 0 Å². The molecule has 0 saturated carbocycles. The average Bonchev–Trinajstić information content (AvgIpc) is 2.76. The van der Waals surface area contributed by atoms with Gasteiger partial charge in [-0.05, 0) is 43.3 Å². The molecule has 0 radical (unpaired) electrons. The summed E-state index contributed by atoms with van der Waals surface area (Å²) >= 11 is 0. The fraction of sp³-hybridized carbons (Fsp3) is 0.389. The van der Waals surface area contributed by atoms with Crippen LogP contribution in [-0.4, -0.2) is 30.0 Å². The van der Waals surface area contributed by atoms with E-state index in [4.69, 9.17) is 0 Å². The third kappa shape index (κ3) is 3.49. The molecule has 1 atom stereocenters. The Hall–Kier alpha value is -1.71. The van der Waals surface area contributed by atoms with E-state index >= 15 is 0 Å². The molecule has 1 N–H and O–H groups in total. The topological polar surface area (TPSA) is 28.2 Å². The highest BCUT2D eigenvalue weighted by molar-refractivity contribution is 5.31. The average molecular weight is 281 g/mol. The zero-order valence-electron chi connectivity index (χ0n) is 12.6. The Morgan fingerprint density at radius 2 is 2.05 bits per heavy atom. The first kappa shape index (κ1) is 14.2. The number of rotatable bonds is 4. The summed E-state index contributed by atoms with van der Waals surface area (Å²) in [5.74, 6) is 0. The van der Waals surface area contributed by atoms with E-state index in [9.17, 15) is 0 Å². The van der Waals surface area contributed by atoms with E-state index in [0.717, 1.165) is 32.5 Å². The Labute approximate surface area is 127 Å². The second-order valence-corrected chi connectivity index (χ2v) is 5.73. The van der Waals surface area contributed by atoms with Gasteiger partial charge in [0.05, 0.1) is 0 Å². The van der Waals surface area contributed by atoms with Crippen LogP contribution < -0.4 is 5.32 Å². The van der Waals surface area contributed by atoms with Crippen molar-refractivity contribution in [1.29, 1.82) is 0 Å². The molecule has 0 saturated heterocycles. The van der Waals surface area contributed by atoms with Gasteiger partial charge >= 0.3 is 0 Å². The SMILES string of the molecule is CN(CCc1ccccn1)C1CCNCc2ccccc21. The van der Waals surface area contributed by atoms with Crippen molar-refractivity contribution in [2.75, 3.05) is 20.1 Å². The summed E-state index contributed by atoms with van der Waals surface area (Å²) in [6.07, 6.45) is 4.04. The van der Waals surface area contributed by atoms with E-state index < -0.39 is 0 Å². The lowest BCUT2D eigenvalue weighted by Gasteiger charge is -2.28. The summed E-state index contributed by atoms with van der Waals surface area (Å²) in [5.41, 5.74) is 4.08. The Morgan fingerprint density at radius 3 is 2.90 bits per heavy atom. The number of aromatic nitrogens is 1. The first-order valence-corrected chi connectivity index (χ1v) is 7.73. The molecular weight excluding hydrogens is 258 g/mol. The summed E-state index contributed by atoms with van der Waals surface area (Å²) < 4.78 is 0. The molecule has 0 bridgehead atoms. The quantitative estimate of drug-likeness (QED) is 0.934. The summed E-state index contributed by atoms with van der Waals surface area (Å²) in [6, 6.07) is 15.5. The molecule has 110 valence electrons. The maximum absolute atomic E-state index is 4.42. The molecule has 1 aromatic heterocycles. The predicted molar refractivity (Wildman–Crippen MR) is 86.1 cm³/mol. The van der Waals surface area contributed by atoms with E-state index in [1.807, 2.05) is 12.3 Å². The van der Waals surface area contributed by atoms with E-state index in [0.29, 0.717) is 6.04 Å². The Balaban J connectivity index is 1.70. The minimum atomic E-state index is 0.500. The first-order valence-electron chi connectivity index (χ1n) is 7.73. The minimum absolute atomic E-state index is 0.500. The maximum Gasteiger partial charge on any atom is 0.0416 e. The first-order chi connectivity index (χ1) is 10.3. The normalized spacial score (nSPS) is 18.3. The number of pyridine rings is 1. The van der Waals surface area contributed by atoms with Crippen LogP contribution in [0.2, 0.25) is 0 Å². The number of likely N-dealkylation sites (N-methyl/N-ethyl adjacent to an activating group) is 1. The third-order valence-electron chi connectivity index (χ3n) is 4.30. The molecule has 21 heavy (non-hydrogen) atoms. The van der Waals surface area contributed by atoms with E-state index in [2.05, 4.69) is 58.6 Å². The van der Waals surface area contributed by atoms with Crippen LogP contribution in [0.1, 0.15) is 29.3 Å². The molecule has 1 unspecified atom stereocenters. The van der Waals surface area contributed by atoms with Crippen molar-refractivity contribution in [3.63, 3.8) is 0 Å². The summed E-state index contributed by atoms with van der Waals surface area (Å²) in [6.45, 7) is 3.10. The second kappa shape index (κ2) is 6.83. The number of benzene rings is 1. The third-order valence-corrected chi connectivity index (χ3v) is 4.30. The number of hydrogen-bond acceptors (Lipinski definition) is 3. The fourth-order valence-electron chi connectivity index (χ4n) is 3.09. The van der Waals surface area contributed by atoms with Crippen molar-refractivity contribution >= 4 is 0 Å². The monoisotopic (exact) mass is 281 g/mol. The zero-order valence-corrected chi connectivity index (χ0v) is 12.6. The smallest absolute Gasteiger partial charge is 0.0416 e. The van der Waals surface area contributed by atoms with Gasteiger partial charge in [0.25, 0.3) is 0 Å². The molecule has 2 heterocycles. The van der Waals surface area contributed by atoms with Crippen molar-refractivity contribution in [3.8, 4) is 0 Å². The van der Waals surface area contributed by atoms with Crippen LogP contribution in [0.3, 0.4) is 0 Å². The number of hydrogen-bond donors (Lipinski definition) is 1. The maximum atomic E-state index is 4.42. The van der Waals surface area contributed by atoms with Crippen molar-refractivity contribution in [3.05, 3.63) is 65.5 Å². The lowest BCUT2D eigenvalue weighted by atomic mass is 9.98. The van der Waals surface area contributed by atoms with Gasteiger partial charge in [-0.15, -0.1) is 0 Å². The molecule has 0 fully saturated rings. The van der Waals surface area contributed by atoms with Gasteiger partial charge in [-0.3, -0.25) is 9.88 Å². The minimum Gasteiger partial charge on any atom is -0.313 e. The predicted octanol–water partition coefficient (Wildman–Crippen LogP) is 2.79. The van der Waals surface area contributed by atoms with E-state index in [1.165, 1.54) is 16.8 Å². The number of nitrogens with one attached hydrogen (secondary N) is 1. The number of fused-ring (bicyclic) bond motifs is 1. The summed E-state index contributed by atoms with van der Waals surface area (Å²) in [5, 5.41) is 3.52. The largest absolute Gasteiger partial charge is 0.313 e. The van der Waals surface area contributed by atoms with Crippen LogP contribution in [-0.2, 0) is 13.0 Å². The van der Waals surface area contributed by atoms with Gasteiger partial charge < -0.3 is 5.32 Å². The van der Waals surface area contributed by atoms with Gasteiger partial charge in [0.15, 0.2) is 0 Å². The molecule has 1 aliphatic heterocycles. The highest BCUT2D eigenvalue weighted by atomic mass is 15.1. The van der Waals surface area contributed by atoms with Gasteiger partial charge in [0, 0.05) is 37.4 Å². The molecule has 2 aromatic rings. The molecule has 0 amide bonds. The Bertz CT molecular complexity index is 568. The summed E-state index contributed by atoms with van der Waals surface area (Å²) in [7, 11) is 2.23. The second-order valence-electron chi connectivity index (χ2n) is 5.73. The summed E-state index contributed by atoms with van der Waals surface area (Å²) in [4.78, 5) is 6.89. The Morgan fingerprint density at radius 1 is 1.19 bits per heavy atom. The van der Waals surface area contributed by atoms with Crippen molar-refractivity contribution in [2.24, 2.45) is 0 Å². The van der Waals surface area contributed by atoms with Crippen LogP contribution in [0, 0.1) is 0 Å². The molecule has 1 aliphatic rings. The molecular formula is C18H23N3. The van der Waals surface area contributed by atoms with E-state index in [-0.39, 0.29) is 0 Å². The molecule has 0 aliphatic carbocycles. The highest BCUT2D eigenvalue weighted by Gasteiger charge is 2.21. The van der Waals surface area contributed by atoms with Crippen molar-refractivity contribution in [2.45, 2.75) is 25.4 Å². The van der Waals surface area contributed by atoms with Crippen molar-refractivity contribution in [1.82, 2.24) is 15.2 Å². The zero-order chi connectivity index (χ0) is 14.5. The van der Waals surface area contributed by atoms with Crippen molar-refractivity contribution < 1.29 is 0 Å². The van der Waals surface area contributed by atoms with Gasteiger partial charge in [-0.25, -0.2) is 0 Å². The van der Waals surface area contributed by atoms with Crippen LogP contribution in [0.4, 0.5) is 0 Å². The van der Waals surface area contributed by atoms with Gasteiger partial charge in [-0.1, -0.05) is 30.3 Å². The Kier molecular flexibility index (Phi) is 4.63. The van der Waals surface area contributed by atoms with Crippen LogP contribution in [0.15, 0.2) is 48.7 Å². The molecule has 3 heteroatoms. The lowest BCUT2D eigenvalue weighted by molar-refractivity contribution is 0.237. The van der Waals surface area contributed by atoms with Crippen LogP contribution in [0.5, 0.6) is 0 Å². The molecule has 0 spiro atoms. The fourth-order valence-corrected chi connectivity index (χ4v) is 3.09. The lowest BCUT2D eigenvalue weighted by Crippen LogP contribution is -2.28. The van der Waals surface area contributed by atoms with Crippen LogP contribution >= 0.6 is 0 Å². The van der Waals surface area contributed by atoms with Gasteiger partial charge in [-0.2, -0.15) is 0 Å². The standard InChI is InChI=1S/C18H23N3/c1-21(13-10-16-7-4-5-11-20-16)18-9-12-19-14-15-6-2-3-8-17(15)18/h2-8,11,18-19H,9-10,12-14H2,1H3. The van der Waals surface area contributed by atoms with E-state index in [1.54, 1.807) is 0 Å². The van der Waals surface area contributed by atoms with Gasteiger partial charge in [0.1, 0.15) is 0 Å². The molecule has 3 rings (SSSR count). The molecule has 3 nitrogen and oxygen atoms in total. The highest BCUT2D eigenvalue weighted by Crippen LogP contribution is 2.28. The van der Waals surface area contributed by atoms with Gasteiger partial charge in [0.2, 0.25) is 0 Å². The number of nitrogens with zero attached hydrogens (tertiary/aromatic N) is 2. The molecule has 1 aromatic carbocycles.